The molecule has 0 unspecified atom stereocenters. The zero-order valence-corrected chi connectivity index (χ0v) is 12.3. The van der Waals surface area contributed by atoms with Crippen molar-refractivity contribution in [3.8, 4) is 0 Å². The second-order valence-electron chi connectivity index (χ2n) is 4.68. The average Bonchev–Trinajstić information content (AvgIpc) is 2.43. The Morgan fingerprint density at radius 2 is 1.81 bits per heavy atom. The molecule has 112 valence electrons. The largest absolute Gasteiger partial charge is 0.396 e. The number of rotatable bonds is 5. The molecular formula is C15H16FNO3S. The van der Waals surface area contributed by atoms with Crippen molar-refractivity contribution in [2.45, 2.75) is 18.2 Å². The van der Waals surface area contributed by atoms with Gasteiger partial charge in [-0.25, -0.2) is 12.8 Å². The van der Waals surface area contributed by atoms with Crippen molar-refractivity contribution < 1.29 is 17.9 Å². The number of benzene rings is 2. The fourth-order valence-electron chi connectivity index (χ4n) is 1.91. The molecule has 0 aliphatic rings. The lowest BCUT2D eigenvalue weighted by Crippen LogP contribution is -2.13. The monoisotopic (exact) mass is 309 g/mol. The van der Waals surface area contributed by atoms with Gasteiger partial charge in [0.05, 0.1) is 10.6 Å². The van der Waals surface area contributed by atoms with Gasteiger partial charge in [0.1, 0.15) is 5.82 Å². The van der Waals surface area contributed by atoms with Gasteiger partial charge in [0.25, 0.3) is 10.0 Å². The van der Waals surface area contributed by atoms with Crippen LogP contribution < -0.4 is 4.72 Å². The van der Waals surface area contributed by atoms with E-state index in [9.17, 15) is 12.8 Å². The van der Waals surface area contributed by atoms with Crippen molar-refractivity contribution in [3.05, 3.63) is 59.4 Å². The van der Waals surface area contributed by atoms with Gasteiger partial charge in [-0.3, -0.25) is 4.72 Å². The maximum absolute atomic E-state index is 13.0. The molecule has 0 aliphatic carbocycles. The molecule has 0 heterocycles. The highest BCUT2D eigenvalue weighted by molar-refractivity contribution is 7.92. The number of hydrogen-bond donors (Lipinski definition) is 2. The second kappa shape index (κ2) is 6.24. The van der Waals surface area contributed by atoms with Gasteiger partial charge in [-0.15, -0.1) is 0 Å². The van der Waals surface area contributed by atoms with Crippen LogP contribution in [0.2, 0.25) is 0 Å². The molecule has 0 atom stereocenters. The van der Waals surface area contributed by atoms with Crippen LogP contribution in [0.5, 0.6) is 0 Å². The molecule has 0 bridgehead atoms. The Morgan fingerprint density at radius 1 is 1.14 bits per heavy atom. The molecule has 0 aliphatic heterocycles. The summed E-state index contributed by atoms with van der Waals surface area (Å²) in [6, 6.07) is 10.1. The van der Waals surface area contributed by atoms with E-state index in [4.69, 9.17) is 5.11 Å². The fourth-order valence-corrected chi connectivity index (χ4v) is 3.04. The molecular weight excluding hydrogens is 293 g/mol. The Labute approximate surface area is 123 Å². The maximum Gasteiger partial charge on any atom is 0.261 e. The molecule has 0 fully saturated rings. The van der Waals surface area contributed by atoms with E-state index in [0.717, 1.165) is 5.56 Å². The summed E-state index contributed by atoms with van der Waals surface area (Å²) < 4.78 is 40.0. The second-order valence-corrected chi connectivity index (χ2v) is 6.36. The molecule has 21 heavy (non-hydrogen) atoms. The Kier molecular flexibility index (Phi) is 4.59. The van der Waals surface area contributed by atoms with E-state index in [0.29, 0.717) is 17.7 Å². The predicted octanol–water partition coefficient (Wildman–Crippen LogP) is 2.47. The standard InChI is InChI=1S/C15H16FNO3S/c1-11-10-13(16)4-7-15(11)17-21(19,20)14-5-2-12(3-6-14)8-9-18/h2-7,10,17-18H,8-9H2,1H3. The Balaban J connectivity index is 2.25. The highest BCUT2D eigenvalue weighted by Crippen LogP contribution is 2.20. The lowest BCUT2D eigenvalue weighted by Gasteiger charge is -2.11. The van der Waals surface area contributed by atoms with Crippen molar-refractivity contribution >= 4 is 15.7 Å². The number of sulfonamides is 1. The molecule has 4 nitrogen and oxygen atoms in total. The van der Waals surface area contributed by atoms with Crippen LogP contribution in [-0.4, -0.2) is 20.1 Å². The average molecular weight is 309 g/mol. The van der Waals surface area contributed by atoms with Crippen LogP contribution in [0.4, 0.5) is 10.1 Å². The molecule has 6 heteroatoms. The van der Waals surface area contributed by atoms with Crippen molar-refractivity contribution in [1.29, 1.82) is 0 Å². The van der Waals surface area contributed by atoms with Gasteiger partial charge in [-0.2, -0.15) is 0 Å². The number of aliphatic hydroxyl groups is 1. The van der Waals surface area contributed by atoms with E-state index >= 15 is 0 Å². The SMILES string of the molecule is Cc1cc(F)ccc1NS(=O)(=O)c1ccc(CCO)cc1. The third-order valence-corrected chi connectivity index (χ3v) is 4.45. The first-order valence-corrected chi connectivity index (χ1v) is 7.89. The van der Waals surface area contributed by atoms with E-state index in [2.05, 4.69) is 4.72 Å². The third-order valence-electron chi connectivity index (χ3n) is 3.07. The van der Waals surface area contributed by atoms with Gasteiger partial charge in [0, 0.05) is 6.61 Å². The van der Waals surface area contributed by atoms with Crippen LogP contribution in [0.3, 0.4) is 0 Å². The van der Waals surface area contributed by atoms with Crippen LogP contribution in [0, 0.1) is 12.7 Å². The Hall–Kier alpha value is -1.92. The number of aryl methyl sites for hydroxylation is 1. The minimum absolute atomic E-state index is 0.0130. The van der Waals surface area contributed by atoms with Gasteiger partial charge in [0.2, 0.25) is 0 Å². The van der Waals surface area contributed by atoms with E-state index in [1.54, 1.807) is 19.1 Å². The van der Waals surface area contributed by atoms with Gasteiger partial charge >= 0.3 is 0 Å². The molecule has 2 aromatic rings. The molecule has 0 saturated heterocycles. The summed E-state index contributed by atoms with van der Waals surface area (Å²) in [7, 11) is -3.72. The number of anilines is 1. The number of nitrogens with one attached hydrogen (secondary N) is 1. The minimum Gasteiger partial charge on any atom is -0.396 e. The van der Waals surface area contributed by atoms with Crippen LogP contribution in [0.15, 0.2) is 47.4 Å². The van der Waals surface area contributed by atoms with Crippen molar-refractivity contribution in [3.63, 3.8) is 0 Å². The summed E-state index contributed by atoms with van der Waals surface area (Å²) in [6.45, 7) is 1.64. The highest BCUT2D eigenvalue weighted by Gasteiger charge is 2.15. The maximum atomic E-state index is 13.0. The van der Waals surface area contributed by atoms with Crippen LogP contribution in [0.25, 0.3) is 0 Å². The summed E-state index contributed by atoms with van der Waals surface area (Å²) in [5.74, 6) is -0.413. The lowest BCUT2D eigenvalue weighted by atomic mass is 10.2. The molecule has 0 spiro atoms. The molecule has 0 aromatic heterocycles. The highest BCUT2D eigenvalue weighted by atomic mass is 32.2. The Bertz CT molecular complexity index is 727. The zero-order valence-electron chi connectivity index (χ0n) is 11.5. The molecule has 0 saturated carbocycles. The first kappa shape index (κ1) is 15.5. The first-order valence-electron chi connectivity index (χ1n) is 6.41. The molecule has 2 aromatic carbocycles. The fraction of sp³-hybridized carbons (Fsp3) is 0.200. The Morgan fingerprint density at radius 3 is 2.38 bits per heavy atom. The van der Waals surface area contributed by atoms with Crippen LogP contribution in [-0.2, 0) is 16.4 Å². The third kappa shape index (κ3) is 3.80. The number of aliphatic hydroxyl groups excluding tert-OH is 1. The normalized spacial score (nSPS) is 11.4. The molecule has 0 amide bonds. The predicted molar refractivity (Wildman–Crippen MR) is 79.2 cm³/mol. The van der Waals surface area contributed by atoms with Crippen LogP contribution >= 0.6 is 0 Å². The summed E-state index contributed by atoms with van der Waals surface area (Å²) in [4.78, 5) is 0.118. The molecule has 2 N–H and O–H groups in total. The zero-order chi connectivity index (χ0) is 15.5. The summed E-state index contributed by atoms with van der Waals surface area (Å²) >= 11 is 0. The molecule has 0 radical (unpaired) electrons. The summed E-state index contributed by atoms with van der Waals surface area (Å²) in [5, 5.41) is 8.84. The first-order chi connectivity index (χ1) is 9.92. The van der Waals surface area contributed by atoms with Gasteiger partial charge < -0.3 is 5.11 Å². The van der Waals surface area contributed by atoms with Gasteiger partial charge in [-0.05, 0) is 54.8 Å². The topological polar surface area (TPSA) is 66.4 Å². The van der Waals surface area contributed by atoms with Gasteiger partial charge in [-0.1, -0.05) is 12.1 Å². The van der Waals surface area contributed by atoms with E-state index in [1.807, 2.05) is 0 Å². The van der Waals surface area contributed by atoms with Crippen molar-refractivity contribution in [2.24, 2.45) is 0 Å². The minimum atomic E-state index is -3.72. The van der Waals surface area contributed by atoms with Crippen LogP contribution in [0.1, 0.15) is 11.1 Å². The van der Waals surface area contributed by atoms with E-state index in [-0.39, 0.29) is 11.5 Å². The lowest BCUT2D eigenvalue weighted by molar-refractivity contribution is 0.299. The molecule has 2 rings (SSSR count). The van der Waals surface area contributed by atoms with Crippen molar-refractivity contribution in [2.75, 3.05) is 11.3 Å². The van der Waals surface area contributed by atoms with E-state index < -0.39 is 15.8 Å². The number of halogens is 1. The summed E-state index contributed by atoms with van der Waals surface area (Å²) in [5.41, 5.74) is 1.71. The van der Waals surface area contributed by atoms with Crippen molar-refractivity contribution in [1.82, 2.24) is 0 Å². The quantitative estimate of drug-likeness (QED) is 0.891. The van der Waals surface area contributed by atoms with E-state index in [1.165, 1.54) is 30.3 Å². The summed E-state index contributed by atoms with van der Waals surface area (Å²) in [6.07, 6.45) is 0.477. The smallest absolute Gasteiger partial charge is 0.261 e. The van der Waals surface area contributed by atoms with Gasteiger partial charge in [0.15, 0.2) is 0 Å². The number of hydrogen-bond acceptors (Lipinski definition) is 3.